The number of rotatable bonds is 7. The molecule has 2 aromatic rings. The van der Waals surface area contributed by atoms with Gasteiger partial charge in [-0.3, -0.25) is 19.6 Å². The number of nitrogens with zero attached hydrogens (tertiary/aromatic N) is 3. The van der Waals surface area contributed by atoms with E-state index in [2.05, 4.69) is 10.4 Å². The van der Waals surface area contributed by atoms with Crippen LogP contribution in [-0.4, -0.2) is 39.3 Å². The molecular formula is C18H22N4O6. The number of nitro groups is 1. The van der Waals surface area contributed by atoms with Crippen LogP contribution in [0.25, 0.3) is 0 Å². The van der Waals surface area contributed by atoms with Gasteiger partial charge >= 0.3 is 11.7 Å². The third-order valence-corrected chi connectivity index (χ3v) is 4.10. The maximum absolute atomic E-state index is 12.4. The Balaban J connectivity index is 2.12. The number of anilines is 1. The highest BCUT2D eigenvalue weighted by molar-refractivity contribution is 5.98. The van der Waals surface area contributed by atoms with E-state index in [1.54, 1.807) is 32.5 Å². The van der Waals surface area contributed by atoms with Crippen molar-refractivity contribution in [3.8, 4) is 5.75 Å². The van der Waals surface area contributed by atoms with Gasteiger partial charge < -0.3 is 14.8 Å². The Bertz CT molecular complexity index is 921. The number of nitrogens with one attached hydrogen (secondary N) is 1. The third-order valence-electron chi connectivity index (χ3n) is 4.10. The number of carbonyl (C=O) groups is 2. The van der Waals surface area contributed by atoms with Gasteiger partial charge in [0.05, 0.1) is 34.2 Å². The van der Waals surface area contributed by atoms with Crippen molar-refractivity contribution in [2.45, 2.75) is 33.8 Å². The molecule has 0 unspecified atom stereocenters. The maximum Gasteiger partial charge on any atom is 0.339 e. The van der Waals surface area contributed by atoms with Gasteiger partial charge in [0.25, 0.3) is 5.91 Å². The van der Waals surface area contributed by atoms with E-state index in [0.29, 0.717) is 11.4 Å². The molecule has 0 fully saturated rings. The van der Waals surface area contributed by atoms with Crippen molar-refractivity contribution in [3.63, 3.8) is 0 Å². The van der Waals surface area contributed by atoms with Crippen LogP contribution in [0.1, 0.15) is 35.6 Å². The molecule has 10 nitrogen and oxygen atoms in total. The number of esters is 1. The summed E-state index contributed by atoms with van der Waals surface area (Å²) >= 11 is 0. The van der Waals surface area contributed by atoms with E-state index < -0.39 is 22.9 Å². The van der Waals surface area contributed by atoms with Crippen LogP contribution in [0.4, 0.5) is 11.4 Å². The number of aromatic nitrogens is 2. The van der Waals surface area contributed by atoms with Gasteiger partial charge in [0, 0.05) is 13.1 Å². The zero-order valence-corrected chi connectivity index (χ0v) is 16.3. The molecule has 1 amide bonds. The number of benzene rings is 1. The maximum atomic E-state index is 12.4. The molecule has 10 heteroatoms. The van der Waals surface area contributed by atoms with Crippen LogP contribution in [0.2, 0.25) is 0 Å². The van der Waals surface area contributed by atoms with E-state index in [9.17, 15) is 19.7 Å². The molecule has 0 radical (unpaired) electrons. The number of nitro benzene ring substituents is 1. The van der Waals surface area contributed by atoms with E-state index in [1.807, 2.05) is 0 Å². The second-order valence-corrected chi connectivity index (χ2v) is 6.08. The molecule has 1 heterocycles. The SMILES string of the molecule is CCOc1ccc(C(=O)O[C@H](C)C(=O)Nc2c(C)nn(C)c2C)cc1[N+](=O)[O-]. The molecule has 0 saturated heterocycles. The van der Waals surface area contributed by atoms with Crippen LogP contribution in [-0.2, 0) is 16.6 Å². The summed E-state index contributed by atoms with van der Waals surface area (Å²) < 4.78 is 12.0. The summed E-state index contributed by atoms with van der Waals surface area (Å²) in [6.07, 6.45) is -1.11. The second kappa shape index (κ2) is 8.51. The fraction of sp³-hybridized carbons (Fsp3) is 0.389. The van der Waals surface area contributed by atoms with E-state index in [0.717, 1.165) is 11.8 Å². The summed E-state index contributed by atoms with van der Waals surface area (Å²) in [5.74, 6) is -1.33. The van der Waals surface area contributed by atoms with Crippen LogP contribution in [0.3, 0.4) is 0 Å². The summed E-state index contributed by atoms with van der Waals surface area (Å²) in [7, 11) is 1.75. The first-order chi connectivity index (χ1) is 13.1. The summed E-state index contributed by atoms with van der Waals surface area (Å²) in [6, 6.07) is 3.74. The molecule has 0 aliphatic carbocycles. The first-order valence-corrected chi connectivity index (χ1v) is 8.59. The summed E-state index contributed by atoms with van der Waals surface area (Å²) in [4.78, 5) is 35.2. The van der Waals surface area contributed by atoms with Crippen LogP contribution < -0.4 is 10.1 Å². The minimum absolute atomic E-state index is 0.0523. The predicted octanol–water partition coefficient (Wildman–Crippen LogP) is 2.53. The lowest BCUT2D eigenvalue weighted by Crippen LogP contribution is -2.30. The minimum atomic E-state index is -1.11. The highest BCUT2D eigenvalue weighted by Crippen LogP contribution is 2.28. The fourth-order valence-electron chi connectivity index (χ4n) is 2.53. The molecule has 0 spiro atoms. The van der Waals surface area contributed by atoms with Crippen molar-refractivity contribution in [3.05, 3.63) is 45.3 Å². The Hall–Kier alpha value is -3.43. The van der Waals surface area contributed by atoms with Crippen LogP contribution in [0.15, 0.2) is 18.2 Å². The molecule has 2 rings (SSSR count). The van der Waals surface area contributed by atoms with Gasteiger partial charge in [0.2, 0.25) is 0 Å². The highest BCUT2D eigenvalue weighted by atomic mass is 16.6. The lowest BCUT2D eigenvalue weighted by Gasteiger charge is -2.14. The molecule has 150 valence electrons. The lowest BCUT2D eigenvalue weighted by molar-refractivity contribution is -0.385. The first kappa shape index (κ1) is 20.9. The summed E-state index contributed by atoms with van der Waals surface area (Å²) in [5.41, 5.74) is 1.53. The van der Waals surface area contributed by atoms with Gasteiger partial charge in [-0.25, -0.2) is 4.79 Å². The molecule has 0 saturated carbocycles. The highest BCUT2D eigenvalue weighted by Gasteiger charge is 2.24. The summed E-state index contributed by atoms with van der Waals surface area (Å²) in [6.45, 7) is 6.90. The molecule has 28 heavy (non-hydrogen) atoms. The molecule has 0 aliphatic rings. The van der Waals surface area contributed by atoms with Gasteiger partial charge in [0.1, 0.15) is 0 Å². The largest absolute Gasteiger partial charge is 0.487 e. The fourth-order valence-corrected chi connectivity index (χ4v) is 2.53. The van der Waals surface area contributed by atoms with Gasteiger partial charge in [0.15, 0.2) is 11.9 Å². The quantitative estimate of drug-likeness (QED) is 0.437. The number of carbonyl (C=O) groups excluding carboxylic acids is 2. The number of hydrogen-bond acceptors (Lipinski definition) is 7. The number of ether oxygens (including phenoxy) is 2. The average Bonchev–Trinajstić information content (AvgIpc) is 2.88. The number of amides is 1. The molecule has 1 aromatic carbocycles. The molecule has 0 bridgehead atoms. The topological polar surface area (TPSA) is 126 Å². The Morgan fingerprint density at radius 2 is 2.04 bits per heavy atom. The van der Waals surface area contributed by atoms with E-state index >= 15 is 0 Å². The van der Waals surface area contributed by atoms with Crippen LogP contribution in [0, 0.1) is 24.0 Å². The predicted molar refractivity (Wildman–Crippen MR) is 100 cm³/mol. The first-order valence-electron chi connectivity index (χ1n) is 8.59. The molecule has 1 atom stereocenters. The van der Waals surface area contributed by atoms with Crippen molar-refractivity contribution in [1.29, 1.82) is 0 Å². The Morgan fingerprint density at radius 1 is 1.36 bits per heavy atom. The third kappa shape index (κ3) is 4.45. The molecular weight excluding hydrogens is 368 g/mol. The molecule has 0 aliphatic heterocycles. The summed E-state index contributed by atoms with van der Waals surface area (Å²) in [5, 5.41) is 18.1. The Morgan fingerprint density at radius 3 is 2.57 bits per heavy atom. The monoisotopic (exact) mass is 390 g/mol. The zero-order chi connectivity index (χ0) is 21.0. The molecule has 1 N–H and O–H groups in total. The van der Waals surface area contributed by atoms with Crippen LogP contribution >= 0.6 is 0 Å². The van der Waals surface area contributed by atoms with E-state index in [1.165, 1.54) is 19.1 Å². The normalized spacial score (nSPS) is 11.6. The van der Waals surface area contributed by atoms with Crippen molar-refractivity contribution in [2.75, 3.05) is 11.9 Å². The van der Waals surface area contributed by atoms with Gasteiger partial charge in [-0.1, -0.05) is 0 Å². The Kier molecular flexibility index (Phi) is 6.34. The van der Waals surface area contributed by atoms with Crippen molar-refractivity contribution in [2.24, 2.45) is 7.05 Å². The number of aryl methyl sites for hydroxylation is 2. The lowest BCUT2D eigenvalue weighted by atomic mass is 10.2. The van der Waals surface area contributed by atoms with E-state index in [4.69, 9.17) is 9.47 Å². The standard InChI is InChI=1S/C18H22N4O6/c1-6-27-15-8-7-13(9-14(15)22(25)26)18(24)28-12(4)17(23)19-16-10(2)20-21(5)11(16)3/h7-9,12H,6H2,1-5H3,(H,19,23)/t12-/m1/s1. The van der Waals surface area contributed by atoms with Crippen molar-refractivity contribution >= 4 is 23.3 Å². The zero-order valence-electron chi connectivity index (χ0n) is 16.3. The molecule has 1 aromatic heterocycles. The van der Waals surface area contributed by atoms with Crippen molar-refractivity contribution < 1.29 is 24.0 Å². The van der Waals surface area contributed by atoms with Crippen molar-refractivity contribution in [1.82, 2.24) is 9.78 Å². The van der Waals surface area contributed by atoms with E-state index in [-0.39, 0.29) is 23.6 Å². The van der Waals surface area contributed by atoms with Crippen LogP contribution in [0.5, 0.6) is 5.75 Å². The van der Waals surface area contributed by atoms with Gasteiger partial charge in [-0.05, 0) is 39.8 Å². The smallest absolute Gasteiger partial charge is 0.339 e. The Labute approximate surface area is 161 Å². The second-order valence-electron chi connectivity index (χ2n) is 6.08. The van der Waals surface area contributed by atoms with Gasteiger partial charge in [-0.15, -0.1) is 0 Å². The number of hydrogen-bond donors (Lipinski definition) is 1. The average molecular weight is 390 g/mol. The minimum Gasteiger partial charge on any atom is -0.487 e. The van der Waals surface area contributed by atoms with Gasteiger partial charge in [-0.2, -0.15) is 5.10 Å².